The van der Waals surface area contributed by atoms with Crippen molar-refractivity contribution in [1.29, 1.82) is 5.26 Å². The molecule has 0 atom stereocenters. The molecule has 3 aromatic carbocycles. The summed E-state index contributed by atoms with van der Waals surface area (Å²) in [6.45, 7) is 0. The fourth-order valence-corrected chi connectivity index (χ4v) is 2.74. The lowest BCUT2D eigenvalue weighted by Crippen LogP contribution is -2.03. The van der Waals surface area contributed by atoms with E-state index in [1.165, 1.54) is 24.3 Å². The van der Waals surface area contributed by atoms with Gasteiger partial charge in [-0.05, 0) is 60.7 Å². The zero-order chi connectivity index (χ0) is 23.2. The Morgan fingerprint density at radius 2 is 1.48 bits per heavy atom. The van der Waals surface area contributed by atoms with E-state index in [0.29, 0.717) is 34.1 Å². The molecule has 33 heavy (non-hydrogen) atoms. The highest BCUT2D eigenvalue weighted by atomic mass is 16.6. The minimum Gasteiger partial charge on any atom is -0.399 e. The number of non-ortho nitro benzene ring substituents is 1. The van der Waals surface area contributed by atoms with Crippen LogP contribution in [0.4, 0.5) is 34.4 Å². The largest absolute Gasteiger partial charge is 0.399 e. The molecule has 3 N–H and O–H groups in total. The van der Waals surface area contributed by atoms with E-state index in [4.69, 9.17) is 5.73 Å². The van der Waals surface area contributed by atoms with E-state index in [1.54, 1.807) is 48.5 Å². The van der Waals surface area contributed by atoms with Gasteiger partial charge in [-0.1, -0.05) is 0 Å². The molecular weight excluding hydrogens is 422 g/mol. The number of benzene rings is 3. The molecular formula is C22H15N9O2. The van der Waals surface area contributed by atoms with Crippen molar-refractivity contribution in [2.75, 3.05) is 11.1 Å². The average molecular weight is 437 g/mol. The van der Waals surface area contributed by atoms with Crippen molar-refractivity contribution >= 4 is 34.4 Å². The predicted octanol–water partition coefficient (Wildman–Crippen LogP) is 5.06. The third-order valence-corrected chi connectivity index (χ3v) is 4.37. The molecule has 11 heteroatoms. The molecule has 0 bridgehead atoms. The van der Waals surface area contributed by atoms with Crippen LogP contribution in [-0.2, 0) is 0 Å². The molecule has 0 saturated carbocycles. The second-order valence-corrected chi connectivity index (χ2v) is 6.69. The smallest absolute Gasteiger partial charge is 0.269 e. The van der Waals surface area contributed by atoms with Crippen LogP contribution in [0.15, 0.2) is 83.0 Å². The van der Waals surface area contributed by atoms with Crippen LogP contribution in [0.2, 0.25) is 0 Å². The van der Waals surface area contributed by atoms with Crippen LogP contribution in [0.25, 0.3) is 11.4 Å². The Bertz CT molecular complexity index is 1360. The summed E-state index contributed by atoms with van der Waals surface area (Å²) < 4.78 is 0. The van der Waals surface area contributed by atoms with Gasteiger partial charge in [0.1, 0.15) is 6.07 Å². The molecule has 0 unspecified atom stereocenters. The Balaban J connectivity index is 1.49. The van der Waals surface area contributed by atoms with Crippen molar-refractivity contribution in [3.05, 3.63) is 88.7 Å². The Kier molecular flexibility index (Phi) is 5.90. The molecule has 0 aliphatic carbocycles. The molecule has 0 aliphatic rings. The summed E-state index contributed by atoms with van der Waals surface area (Å²) in [7, 11) is 0. The van der Waals surface area contributed by atoms with Gasteiger partial charge in [0.2, 0.25) is 11.8 Å². The highest BCUT2D eigenvalue weighted by Crippen LogP contribution is 2.24. The first-order chi connectivity index (χ1) is 16.0. The van der Waals surface area contributed by atoms with Gasteiger partial charge in [0, 0.05) is 29.1 Å². The van der Waals surface area contributed by atoms with Gasteiger partial charge in [-0.3, -0.25) is 10.1 Å². The molecule has 0 amide bonds. The molecule has 1 heterocycles. The quantitative estimate of drug-likeness (QED) is 0.182. The third kappa shape index (κ3) is 5.28. The van der Waals surface area contributed by atoms with Gasteiger partial charge in [0.25, 0.3) is 5.69 Å². The second kappa shape index (κ2) is 9.27. The standard InChI is InChI=1S/C22H15N9O2/c23-13-20-26-21(14-1-3-15(24)4-2-14)28-22(27-20)25-16-5-7-17(8-6-16)29-30-18-9-11-19(12-10-18)31(32)33/h1-12H,24H2,(H,25,26,27,28). The predicted molar refractivity (Wildman–Crippen MR) is 121 cm³/mol. The maximum atomic E-state index is 10.7. The monoisotopic (exact) mass is 437 g/mol. The summed E-state index contributed by atoms with van der Waals surface area (Å²) in [5, 5.41) is 31.2. The normalized spacial score (nSPS) is 10.6. The number of anilines is 3. The average Bonchev–Trinajstić information content (AvgIpc) is 2.84. The first-order valence-electron chi connectivity index (χ1n) is 9.55. The van der Waals surface area contributed by atoms with Crippen molar-refractivity contribution in [3.63, 3.8) is 0 Å². The summed E-state index contributed by atoms with van der Waals surface area (Å²) in [4.78, 5) is 22.9. The van der Waals surface area contributed by atoms with E-state index >= 15 is 0 Å². The summed E-state index contributed by atoms with van der Waals surface area (Å²) in [6.07, 6.45) is 0. The second-order valence-electron chi connectivity index (χ2n) is 6.69. The molecule has 0 spiro atoms. The molecule has 4 rings (SSSR count). The number of aromatic nitrogens is 3. The summed E-state index contributed by atoms with van der Waals surface area (Å²) in [5.41, 5.74) is 8.76. The summed E-state index contributed by atoms with van der Waals surface area (Å²) in [5.74, 6) is 0.541. The first-order valence-corrected chi connectivity index (χ1v) is 9.55. The number of nitrogens with one attached hydrogen (secondary N) is 1. The van der Waals surface area contributed by atoms with E-state index in [1.807, 2.05) is 6.07 Å². The number of hydrogen-bond donors (Lipinski definition) is 2. The van der Waals surface area contributed by atoms with E-state index in [-0.39, 0.29) is 17.5 Å². The molecule has 0 radical (unpaired) electrons. The molecule has 4 aromatic rings. The molecule has 11 nitrogen and oxygen atoms in total. The first kappa shape index (κ1) is 21.0. The van der Waals surface area contributed by atoms with Crippen molar-refractivity contribution in [3.8, 4) is 17.5 Å². The highest BCUT2D eigenvalue weighted by molar-refractivity contribution is 5.62. The number of nitrogens with two attached hydrogens (primary N) is 1. The molecule has 1 aromatic heterocycles. The van der Waals surface area contributed by atoms with E-state index < -0.39 is 4.92 Å². The summed E-state index contributed by atoms with van der Waals surface area (Å²) in [6, 6.07) is 21.6. The minimum atomic E-state index is -0.475. The van der Waals surface area contributed by atoms with E-state index in [9.17, 15) is 15.4 Å². The highest BCUT2D eigenvalue weighted by Gasteiger charge is 2.09. The zero-order valence-corrected chi connectivity index (χ0v) is 17.0. The molecule has 0 saturated heterocycles. The maximum absolute atomic E-state index is 10.7. The van der Waals surface area contributed by atoms with Gasteiger partial charge >= 0.3 is 0 Å². The Hall–Kier alpha value is -5.24. The molecule has 160 valence electrons. The number of hydrogen-bond acceptors (Lipinski definition) is 10. The lowest BCUT2D eigenvalue weighted by Gasteiger charge is -2.07. The number of nitriles is 1. The summed E-state index contributed by atoms with van der Waals surface area (Å²) >= 11 is 0. The van der Waals surface area contributed by atoms with Crippen LogP contribution in [-0.4, -0.2) is 19.9 Å². The van der Waals surface area contributed by atoms with Crippen LogP contribution in [0.3, 0.4) is 0 Å². The Morgan fingerprint density at radius 3 is 2.06 bits per heavy atom. The topological polar surface area (TPSA) is 168 Å². The number of nitrogens with zero attached hydrogens (tertiary/aromatic N) is 7. The van der Waals surface area contributed by atoms with Crippen molar-refractivity contribution in [1.82, 2.24) is 15.0 Å². The number of nitro benzene ring substituents is 1. The zero-order valence-electron chi connectivity index (χ0n) is 17.0. The van der Waals surface area contributed by atoms with Crippen LogP contribution < -0.4 is 11.1 Å². The fourth-order valence-electron chi connectivity index (χ4n) is 2.74. The maximum Gasteiger partial charge on any atom is 0.269 e. The SMILES string of the molecule is N#Cc1nc(Nc2ccc(N=Nc3ccc([N+](=O)[O-])cc3)cc2)nc(-c2ccc(N)cc2)n1. The molecule has 0 aliphatic heterocycles. The van der Waals surface area contributed by atoms with Crippen LogP contribution in [0.1, 0.15) is 5.82 Å². The van der Waals surface area contributed by atoms with Crippen LogP contribution in [0.5, 0.6) is 0 Å². The lowest BCUT2D eigenvalue weighted by molar-refractivity contribution is -0.384. The van der Waals surface area contributed by atoms with Gasteiger partial charge in [-0.15, -0.1) is 0 Å². The van der Waals surface area contributed by atoms with Gasteiger partial charge in [0.15, 0.2) is 5.82 Å². The number of nitrogen functional groups attached to an aromatic ring is 1. The van der Waals surface area contributed by atoms with Crippen LogP contribution in [0, 0.1) is 21.4 Å². The fraction of sp³-hybridized carbons (Fsp3) is 0. The Morgan fingerprint density at radius 1 is 0.879 bits per heavy atom. The van der Waals surface area contributed by atoms with Gasteiger partial charge in [-0.25, -0.2) is 0 Å². The van der Waals surface area contributed by atoms with Gasteiger partial charge in [-0.2, -0.15) is 30.4 Å². The third-order valence-electron chi connectivity index (χ3n) is 4.37. The number of rotatable bonds is 6. The Labute approximate surface area is 187 Å². The van der Waals surface area contributed by atoms with Gasteiger partial charge < -0.3 is 11.1 Å². The van der Waals surface area contributed by atoms with Crippen molar-refractivity contribution in [2.45, 2.75) is 0 Å². The number of nitro groups is 1. The van der Waals surface area contributed by atoms with Crippen LogP contribution >= 0.6 is 0 Å². The van der Waals surface area contributed by atoms with Crippen molar-refractivity contribution < 1.29 is 4.92 Å². The lowest BCUT2D eigenvalue weighted by atomic mass is 10.2. The van der Waals surface area contributed by atoms with E-state index in [2.05, 4.69) is 30.5 Å². The van der Waals surface area contributed by atoms with Gasteiger partial charge in [0.05, 0.1) is 16.3 Å². The molecule has 0 fully saturated rings. The van der Waals surface area contributed by atoms with Crippen molar-refractivity contribution in [2.24, 2.45) is 10.2 Å². The minimum absolute atomic E-state index is 0.0122. The van der Waals surface area contributed by atoms with E-state index in [0.717, 1.165) is 0 Å². The number of azo groups is 1.